The number of halogens is 4. The molecule has 0 N–H and O–H groups in total. The minimum absolute atomic E-state index is 0.0848. The van der Waals surface area contributed by atoms with Gasteiger partial charge in [-0.1, -0.05) is 49.6 Å². The van der Waals surface area contributed by atoms with Crippen LogP contribution in [0.2, 0.25) is 5.02 Å². The van der Waals surface area contributed by atoms with E-state index in [1.165, 1.54) is 18.2 Å². The molecule has 3 atom stereocenters. The number of fused-ring (bicyclic) bond motifs is 3. The molecule has 2 heterocycles. The maximum absolute atomic E-state index is 14.7. The summed E-state index contributed by atoms with van der Waals surface area (Å²) in [6.45, 7) is 5.02. The lowest BCUT2D eigenvalue weighted by atomic mass is 9.66. The van der Waals surface area contributed by atoms with E-state index in [0.717, 1.165) is 12.1 Å². The van der Waals surface area contributed by atoms with Crippen LogP contribution in [0.15, 0.2) is 48.5 Å². The zero-order valence-electron chi connectivity index (χ0n) is 20.0. The van der Waals surface area contributed by atoms with Gasteiger partial charge in [0, 0.05) is 21.6 Å². The molecular formula is C27H21ClF3NO5. The van der Waals surface area contributed by atoms with Gasteiger partial charge < -0.3 is 9.47 Å². The van der Waals surface area contributed by atoms with Gasteiger partial charge in [-0.15, -0.1) is 0 Å². The van der Waals surface area contributed by atoms with Gasteiger partial charge >= 0.3 is 18.2 Å². The van der Waals surface area contributed by atoms with Crippen LogP contribution in [-0.4, -0.2) is 29.7 Å². The van der Waals surface area contributed by atoms with Crippen LogP contribution >= 0.6 is 11.6 Å². The van der Waals surface area contributed by atoms with E-state index >= 15 is 0 Å². The van der Waals surface area contributed by atoms with Crippen molar-refractivity contribution in [2.45, 2.75) is 51.0 Å². The summed E-state index contributed by atoms with van der Waals surface area (Å²) in [6.07, 6.45) is -6.36. The van der Waals surface area contributed by atoms with E-state index in [-0.39, 0.29) is 17.0 Å². The minimum atomic E-state index is -5.19. The first-order valence-electron chi connectivity index (χ1n) is 11.5. The van der Waals surface area contributed by atoms with Gasteiger partial charge in [0.2, 0.25) is 0 Å². The van der Waals surface area contributed by atoms with Crippen LogP contribution in [0.5, 0.6) is 0 Å². The van der Waals surface area contributed by atoms with Gasteiger partial charge in [0.1, 0.15) is 0 Å². The fourth-order valence-corrected chi connectivity index (χ4v) is 5.64. The summed E-state index contributed by atoms with van der Waals surface area (Å²) in [5, 5.41) is -0.0848. The van der Waals surface area contributed by atoms with Crippen LogP contribution < -0.4 is 4.90 Å². The SMILES string of the molecule is CC12CCC(C(=O)N3C(=O)OC(C#Cc4ccccc4)(C(F)(F)F)c4cc(Cl)ccc43)(OC1=O)C2(C)C. The Kier molecular flexibility index (Phi) is 5.27. The maximum Gasteiger partial charge on any atom is 0.445 e. The Bertz CT molecular complexity index is 1410. The molecule has 5 rings (SSSR count). The molecule has 6 nitrogen and oxygen atoms in total. The van der Waals surface area contributed by atoms with E-state index < -0.39 is 57.4 Å². The highest BCUT2D eigenvalue weighted by Crippen LogP contribution is 2.66. The van der Waals surface area contributed by atoms with Crippen molar-refractivity contribution in [3.63, 3.8) is 0 Å². The Labute approximate surface area is 215 Å². The van der Waals surface area contributed by atoms with E-state index in [4.69, 9.17) is 21.1 Å². The third-order valence-electron chi connectivity index (χ3n) is 8.19. The predicted molar refractivity (Wildman–Crippen MR) is 126 cm³/mol. The first-order chi connectivity index (χ1) is 17.2. The van der Waals surface area contributed by atoms with Crippen LogP contribution in [0.1, 0.15) is 44.7 Å². The zero-order chi connectivity index (χ0) is 27.0. The topological polar surface area (TPSA) is 72.9 Å². The van der Waals surface area contributed by atoms with Crippen molar-refractivity contribution in [2.75, 3.05) is 4.90 Å². The molecule has 2 fully saturated rings. The second-order valence-electron chi connectivity index (χ2n) is 10.1. The summed E-state index contributed by atoms with van der Waals surface area (Å²) in [5.74, 6) is 2.94. The Morgan fingerprint density at radius 2 is 1.70 bits per heavy atom. The number of cyclic esters (lactones) is 1. The second kappa shape index (κ2) is 7.75. The van der Waals surface area contributed by atoms with Gasteiger partial charge in [0.15, 0.2) is 5.60 Å². The number of imide groups is 1. The van der Waals surface area contributed by atoms with Crippen molar-refractivity contribution < 1.29 is 37.0 Å². The molecule has 10 heteroatoms. The van der Waals surface area contributed by atoms with Gasteiger partial charge in [0.25, 0.3) is 11.5 Å². The predicted octanol–water partition coefficient (Wildman–Crippen LogP) is 5.75. The molecule has 0 aromatic heterocycles. The monoisotopic (exact) mass is 531 g/mol. The smallest absolute Gasteiger partial charge is 0.445 e. The molecule has 1 saturated carbocycles. The lowest BCUT2D eigenvalue weighted by molar-refractivity contribution is -0.240. The Balaban J connectivity index is 1.70. The lowest BCUT2D eigenvalue weighted by Crippen LogP contribution is -2.61. The molecule has 192 valence electrons. The summed E-state index contributed by atoms with van der Waals surface area (Å²) in [5.41, 5.74) is -7.97. The quantitative estimate of drug-likeness (QED) is 0.346. The molecular weight excluding hydrogens is 511 g/mol. The molecule has 2 bridgehead atoms. The van der Waals surface area contributed by atoms with Gasteiger partial charge in [0.05, 0.1) is 11.1 Å². The largest absolute Gasteiger partial charge is 0.448 e. The average Bonchev–Trinajstić information content (AvgIpc) is 3.12. The normalized spacial score (nSPS) is 29.6. The molecule has 1 aliphatic carbocycles. The minimum Gasteiger partial charge on any atom is -0.448 e. The standard InChI is InChI=1S/C27H21ClF3NO5/c1-23(2)24(3)13-14-26(23,36-21(24)34)20(33)32-19-10-9-17(28)15-18(19)25(27(29,30)31,37-22(32)35)12-11-16-7-5-4-6-8-16/h4-10,15H,13-14H2,1-3H3. The number of benzene rings is 2. The fourth-order valence-electron chi connectivity index (χ4n) is 5.47. The van der Waals surface area contributed by atoms with Crippen molar-refractivity contribution >= 4 is 35.3 Å². The van der Waals surface area contributed by atoms with Crippen molar-refractivity contribution in [1.29, 1.82) is 0 Å². The number of rotatable bonds is 1. The van der Waals surface area contributed by atoms with Crippen LogP contribution in [0.25, 0.3) is 0 Å². The number of hydrogen-bond donors (Lipinski definition) is 0. The zero-order valence-corrected chi connectivity index (χ0v) is 20.8. The van der Waals surface area contributed by atoms with Crippen LogP contribution in [0.4, 0.5) is 23.7 Å². The number of esters is 1. The van der Waals surface area contributed by atoms with Gasteiger partial charge in [-0.25, -0.2) is 9.69 Å². The highest BCUT2D eigenvalue weighted by atomic mass is 35.5. The Morgan fingerprint density at radius 3 is 2.27 bits per heavy atom. The molecule has 3 unspecified atom stereocenters. The summed E-state index contributed by atoms with van der Waals surface area (Å²) in [4.78, 5) is 40.5. The van der Waals surface area contributed by atoms with Crippen molar-refractivity contribution in [3.05, 3.63) is 64.7 Å². The number of amides is 2. The molecule has 0 radical (unpaired) electrons. The van der Waals surface area contributed by atoms with E-state index in [0.29, 0.717) is 11.3 Å². The summed E-state index contributed by atoms with van der Waals surface area (Å²) < 4.78 is 54.7. The van der Waals surface area contributed by atoms with Gasteiger partial charge in [-0.3, -0.25) is 9.59 Å². The molecule has 1 saturated heterocycles. The summed E-state index contributed by atoms with van der Waals surface area (Å²) >= 11 is 6.08. The Morgan fingerprint density at radius 1 is 1.03 bits per heavy atom. The van der Waals surface area contributed by atoms with Crippen molar-refractivity contribution in [2.24, 2.45) is 10.8 Å². The van der Waals surface area contributed by atoms with Crippen molar-refractivity contribution in [1.82, 2.24) is 0 Å². The highest BCUT2D eigenvalue weighted by molar-refractivity contribution is 6.31. The highest BCUT2D eigenvalue weighted by Gasteiger charge is 2.77. The Hall–Kier alpha value is -3.51. The average molecular weight is 532 g/mol. The van der Waals surface area contributed by atoms with E-state index in [1.807, 2.05) is 0 Å². The molecule has 2 amide bonds. The summed E-state index contributed by atoms with van der Waals surface area (Å²) in [6, 6.07) is 11.2. The first kappa shape index (κ1) is 25.2. The lowest BCUT2D eigenvalue weighted by Gasteiger charge is -2.43. The number of anilines is 1. The molecule has 2 aromatic rings. The third kappa shape index (κ3) is 3.18. The number of carbonyl (C=O) groups is 3. The van der Waals surface area contributed by atoms with E-state index in [1.54, 1.807) is 39.0 Å². The number of nitrogens with zero attached hydrogens (tertiary/aromatic N) is 1. The third-order valence-corrected chi connectivity index (χ3v) is 8.42. The maximum atomic E-state index is 14.7. The number of ether oxygens (including phenoxy) is 2. The van der Waals surface area contributed by atoms with Gasteiger partial charge in [-0.2, -0.15) is 13.2 Å². The van der Waals surface area contributed by atoms with Crippen LogP contribution in [0.3, 0.4) is 0 Å². The number of carbonyl (C=O) groups excluding carboxylic acids is 3. The fraction of sp³-hybridized carbons (Fsp3) is 0.370. The van der Waals surface area contributed by atoms with Crippen LogP contribution in [-0.2, 0) is 24.7 Å². The number of alkyl halides is 3. The second-order valence-corrected chi connectivity index (χ2v) is 10.6. The first-order valence-corrected chi connectivity index (χ1v) is 11.8. The van der Waals surface area contributed by atoms with Crippen molar-refractivity contribution in [3.8, 4) is 11.8 Å². The molecule has 0 spiro atoms. The molecule has 2 aromatic carbocycles. The summed E-state index contributed by atoms with van der Waals surface area (Å²) in [7, 11) is 0. The van der Waals surface area contributed by atoms with Crippen LogP contribution in [0, 0.1) is 22.7 Å². The molecule has 37 heavy (non-hydrogen) atoms. The molecule has 2 aliphatic heterocycles. The number of hydrogen-bond acceptors (Lipinski definition) is 5. The van der Waals surface area contributed by atoms with E-state index in [2.05, 4.69) is 11.8 Å². The molecule has 3 aliphatic rings. The van der Waals surface area contributed by atoms with Gasteiger partial charge in [-0.05, 0) is 56.0 Å². The van der Waals surface area contributed by atoms with E-state index in [9.17, 15) is 27.6 Å².